The molecule has 2 aliphatic rings. The molecule has 1 aromatic carbocycles. The molecule has 3 atom stereocenters. The summed E-state index contributed by atoms with van der Waals surface area (Å²) in [5.74, 6) is 0.985. The molecule has 1 aromatic heterocycles. The SMILES string of the molecule is COC(=O)C1[C@H]2CN(C(=O)c3c(C)ccn(CCc4ccc(OC)c(OC)c4)c3=O)C[C@@H]12. The smallest absolute Gasteiger partial charge is 0.309 e. The number of esters is 1. The van der Waals surface area contributed by atoms with Crippen LogP contribution in [0.1, 0.15) is 21.5 Å². The predicted molar refractivity (Wildman–Crippen MR) is 117 cm³/mol. The maximum Gasteiger partial charge on any atom is 0.309 e. The van der Waals surface area contributed by atoms with Crippen molar-refractivity contribution in [2.75, 3.05) is 34.4 Å². The van der Waals surface area contributed by atoms with E-state index < -0.39 is 0 Å². The lowest BCUT2D eigenvalue weighted by molar-refractivity contribution is -0.143. The maximum absolute atomic E-state index is 13.1. The fraction of sp³-hybridized carbons (Fsp3) is 0.458. The van der Waals surface area contributed by atoms with Crippen LogP contribution in [0.2, 0.25) is 0 Å². The molecule has 1 aliphatic heterocycles. The van der Waals surface area contributed by atoms with Gasteiger partial charge in [0.2, 0.25) is 0 Å². The van der Waals surface area contributed by atoms with Gasteiger partial charge in [0.25, 0.3) is 11.5 Å². The van der Waals surface area contributed by atoms with Crippen molar-refractivity contribution in [3.8, 4) is 11.5 Å². The van der Waals surface area contributed by atoms with Gasteiger partial charge in [0.05, 0.1) is 27.2 Å². The minimum Gasteiger partial charge on any atom is -0.493 e. The van der Waals surface area contributed by atoms with E-state index in [1.807, 2.05) is 18.2 Å². The number of hydrogen-bond donors (Lipinski definition) is 0. The van der Waals surface area contributed by atoms with Gasteiger partial charge in [-0.15, -0.1) is 0 Å². The number of hydrogen-bond acceptors (Lipinski definition) is 6. The highest BCUT2D eigenvalue weighted by Gasteiger charge is 2.61. The lowest BCUT2D eigenvalue weighted by atomic mass is 10.1. The van der Waals surface area contributed by atoms with Crippen LogP contribution >= 0.6 is 0 Å². The average molecular weight is 440 g/mol. The van der Waals surface area contributed by atoms with Gasteiger partial charge in [0, 0.05) is 25.8 Å². The number of carbonyl (C=O) groups excluding carboxylic acids is 2. The van der Waals surface area contributed by atoms with Crippen molar-refractivity contribution in [3.05, 3.63) is 57.5 Å². The standard InChI is InChI=1S/C24H28N2O6/c1-14-7-9-25(10-8-15-5-6-18(30-2)19(11-15)31-3)22(27)20(14)23(28)26-12-16-17(13-26)21(16)24(29)32-4/h5-7,9,11,16-17,21H,8,10,12-13H2,1-4H3/t16-,17+,21?. The molecule has 1 saturated heterocycles. The first-order valence-corrected chi connectivity index (χ1v) is 10.7. The third-order valence-corrected chi connectivity index (χ3v) is 6.63. The van der Waals surface area contributed by atoms with Crippen molar-refractivity contribution >= 4 is 11.9 Å². The maximum atomic E-state index is 13.1. The summed E-state index contributed by atoms with van der Waals surface area (Å²) in [6.45, 7) is 3.19. The van der Waals surface area contributed by atoms with E-state index in [1.54, 1.807) is 42.9 Å². The van der Waals surface area contributed by atoms with Gasteiger partial charge in [-0.3, -0.25) is 14.4 Å². The number of aryl methyl sites for hydroxylation is 3. The molecule has 8 nitrogen and oxygen atoms in total. The fourth-order valence-electron chi connectivity index (χ4n) is 4.72. The zero-order valence-electron chi connectivity index (χ0n) is 18.8. The lowest BCUT2D eigenvalue weighted by Gasteiger charge is -2.20. The van der Waals surface area contributed by atoms with Gasteiger partial charge in [-0.1, -0.05) is 6.07 Å². The van der Waals surface area contributed by atoms with Crippen molar-refractivity contribution in [3.63, 3.8) is 0 Å². The Hall–Kier alpha value is -3.29. The van der Waals surface area contributed by atoms with E-state index in [0.717, 1.165) is 5.56 Å². The van der Waals surface area contributed by atoms with Crippen LogP contribution in [0.25, 0.3) is 0 Å². The second-order valence-electron chi connectivity index (χ2n) is 8.40. The van der Waals surface area contributed by atoms with Crippen molar-refractivity contribution in [2.24, 2.45) is 17.8 Å². The third kappa shape index (κ3) is 3.85. The van der Waals surface area contributed by atoms with Crippen LogP contribution in [0, 0.1) is 24.7 Å². The molecule has 8 heteroatoms. The molecule has 1 aliphatic carbocycles. The van der Waals surface area contributed by atoms with Crippen LogP contribution in [-0.4, -0.2) is 55.8 Å². The van der Waals surface area contributed by atoms with E-state index in [4.69, 9.17) is 14.2 Å². The van der Waals surface area contributed by atoms with Gasteiger partial charge < -0.3 is 23.7 Å². The summed E-state index contributed by atoms with van der Waals surface area (Å²) >= 11 is 0. The van der Waals surface area contributed by atoms with Gasteiger partial charge in [0.1, 0.15) is 5.56 Å². The molecule has 0 radical (unpaired) electrons. The molecule has 1 unspecified atom stereocenters. The normalized spacial score (nSPS) is 21.1. The van der Waals surface area contributed by atoms with Crippen LogP contribution < -0.4 is 15.0 Å². The third-order valence-electron chi connectivity index (χ3n) is 6.63. The van der Waals surface area contributed by atoms with Gasteiger partial charge in [-0.2, -0.15) is 0 Å². The molecule has 170 valence electrons. The largest absolute Gasteiger partial charge is 0.493 e. The average Bonchev–Trinajstić information content (AvgIpc) is 3.30. The molecule has 2 aromatic rings. The van der Waals surface area contributed by atoms with Gasteiger partial charge in [-0.25, -0.2) is 0 Å². The van der Waals surface area contributed by atoms with E-state index in [-0.39, 0.29) is 40.8 Å². The Morgan fingerprint density at radius 1 is 1.03 bits per heavy atom. The quantitative estimate of drug-likeness (QED) is 0.612. The summed E-state index contributed by atoms with van der Waals surface area (Å²) in [7, 11) is 4.55. The number of carbonyl (C=O) groups is 2. The Balaban J connectivity index is 1.47. The lowest BCUT2D eigenvalue weighted by Crippen LogP contribution is -2.38. The summed E-state index contributed by atoms with van der Waals surface area (Å²) < 4.78 is 17.0. The molecule has 0 bridgehead atoms. The van der Waals surface area contributed by atoms with Gasteiger partial charge in [-0.05, 0) is 54.5 Å². The number of aromatic nitrogens is 1. The van der Waals surface area contributed by atoms with Gasteiger partial charge in [0.15, 0.2) is 11.5 Å². The zero-order valence-corrected chi connectivity index (χ0v) is 18.8. The molecule has 32 heavy (non-hydrogen) atoms. The second-order valence-corrected chi connectivity index (χ2v) is 8.40. The monoisotopic (exact) mass is 440 g/mol. The Morgan fingerprint density at radius 2 is 1.72 bits per heavy atom. The van der Waals surface area contributed by atoms with Gasteiger partial charge >= 0.3 is 5.97 Å². The Morgan fingerprint density at radius 3 is 2.34 bits per heavy atom. The van der Waals surface area contributed by atoms with Crippen molar-refractivity contribution in [1.82, 2.24) is 9.47 Å². The number of nitrogens with zero attached hydrogens (tertiary/aromatic N) is 2. The Bertz CT molecular complexity index is 1100. The number of piperidine rings is 1. The van der Waals surface area contributed by atoms with E-state index >= 15 is 0 Å². The van der Waals surface area contributed by atoms with E-state index in [0.29, 0.717) is 43.1 Å². The van der Waals surface area contributed by atoms with Crippen LogP contribution in [-0.2, 0) is 22.5 Å². The summed E-state index contributed by atoms with van der Waals surface area (Å²) in [6, 6.07) is 7.46. The molecule has 4 rings (SSSR count). The van der Waals surface area contributed by atoms with E-state index in [2.05, 4.69) is 0 Å². The van der Waals surface area contributed by atoms with Crippen LogP contribution in [0.5, 0.6) is 11.5 Å². The van der Waals surface area contributed by atoms with Crippen molar-refractivity contribution in [1.29, 1.82) is 0 Å². The number of benzene rings is 1. The first-order chi connectivity index (χ1) is 15.4. The number of fused-ring (bicyclic) bond motifs is 1. The summed E-state index contributed by atoms with van der Waals surface area (Å²) in [6.07, 6.45) is 2.33. The first-order valence-electron chi connectivity index (χ1n) is 10.7. The number of amides is 1. The zero-order chi connectivity index (χ0) is 23.0. The molecule has 0 N–H and O–H groups in total. The number of rotatable bonds is 7. The number of methoxy groups -OCH3 is 3. The highest BCUT2D eigenvalue weighted by atomic mass is 16.5. The highest BCUT2D eigenvalue weighted by molar-refractivity contribution is 5.96. The molecular weight excluding hydrogens is 412 g/mol. The van der Waals surface area contributed by atoms with Crippen LogP contribution in [0.15, 0.2) is 35.3 Å². The van der Waals surface area contributed by atoms with Crippen LogP contribution in [0.4, 0.5) is 0 Å². The number of likely N-dealkylation sites (tertiary alicyclic amines) is 1. The summed E-state index contributed by atoms with van der Waals surface area (Å²) in [5.41, 5.74) is 1.57. The summed E-state index contributed by atoms with van der Waals surface area (Å²) in [5, 5.41) is 0. The molecule has 1 amide bonds. The van der Waals surface area contributed by atoms with E-state index in [1.165, 1.54) is 7.11 Å². The molecular formula is C24H28N2O6. The van der Waals surface area contributed by atoms with Crippen molar-refractivity contribution < 1.29 is 23.8 Å². The highest BCUT2D eigenvalue weighted by Crippen LogP contribution is 2.52. The molecule has 0 spiro atoms. The first kappa shape index (κ1) is 21.9. The van der Waals surface area contributed by atoms with Crippen LogP contribution in [0.3, 0.4) is 0 Å². The Labute approximate surface area is 186 Å². The summed E-state index contributed by atoms with van der Waals surface area (Å²) in [4.78, 5) is 39.7. The predicted octanol–water partition coefficient (Wildman–Crippen LogP) is 1.91. The van der Waals surface area contributed by atoms with E-state index in [9.17, 15) is 14.4 Å². The molecule has 2 fully saturated rings. The minimum atomic E-state index is -0.291. The number of ether oxygens (including phenoxy) is 3. The second kappa shape index (κ2) is 8.68. The number of pyridine rings is 1. The molecule has 2 heterocycles. The van der Waals surface area contributed by atoms with Crippen molar-refractivity contribution in [2.45, 2.75) is 19.9 Å². The fourth-order valence-corrected chi connectivity index (χ4v) is 4.72. The minimum absolute atomic E-state index is 0.112. The molecule has 1 saturated carbocycles. The Kier molecular flexibility index (Phi) is 5.95. The topological polar surface area (TPSA) is 87.1 Å².